The van der Waals surface area contributed by atoms with Gasteiger partial charge in [0.15, 0.2) is 5.75 Å². The van der Waals surface area contributed by atoms with E-state index in [2.05, 4.69) is 4.89 Å². The lowest BCUT2D eigenvalue weighted by Crippen LogP contribution is -2.14. The maximum Gasteiger partial charge on any atom is 0.357 e. The van der Waals surface area contributed by atoms with Crippen molar-refractivity contribution < 1.29 is 14.6 Å². The van der Waals surface area contributed by atoms with E-state index in [4.69, 9.17) is 16.5 Å². The second kappa shape index (κ2) is 4.86. The number of hydrogen-bond donors (Lipinski definition) is 0. The summed E-state index contributed by atoms with van der Waals surface area (Å²) in [7, 11) is 0. The number of hydrogen-bond acceptors (Lipinski definition) is 3. The van der Waals surface area contributed by atoms with E-state index < -0.39 is 5.97 Å². The first kappa shape index (κ1) is 10.9. The van der Waals surface area contributed by atoms with Crippen LogP contribution >= 0.6 is 11.6 Å². The molecule has 0 saturated heterocycles. The van der Waals surface area contributed by atoms with Crippen LogP contribution in [0.3, 0.4) is 0 Å². The van der Waals surface area contributed by atoms with Gasteiger partial charge in [-0.3, -0.25) is 9.78 Å². The van der Waals surface area contributed by atoms with E-state index in [1.54, 1.807) is 38.1 Å². The summed E-state index contributed by atoms with van der Waals surface area (Å²) in [6, 6.07) is 6.78. The molecule has 1 rings (SSSR count). The van der Waals surface area contributed by atoms with E-state index in [1.165, 1.54) is 0 Å². The van der Waals surface area contributed by atoms with E-state index in [9.17, 15) is 4.79 Å². The Bertz CT molecular complexity index is 323. The predicted octanol–water partition coefficient (Wildman–Crippen LogP) is 2.83. The second-order valence-corrected chi connectivity index (χ2v) is 3.48. The molecule has 4 heteroatoms. The zero-order valence-electron chi connectivity index (χ0n) is 7.99. The molecular weight excluding hydrogens is 204 g/mol. The maximum atomic E-state index is 11.0. The van der Waals surface area contributed by atoms with E-state index in [0.717, 1.165) is 0 Å². The minimum atomic E-state index is -0.426. The molecule has 0 saturated carbocycles. The van der Waals surface area contributed by atoms with E-state index in [-0.39, 0.29) is 5.92 Å². The van der Waals surface area contributed by atoms with Crippen molar-refractivity contribution in [3.8, 4) is 5.75 Å². The lowest BCUT2D eigenvalue weighted by Gasteiger charge is -2.06. The van der Waals surface area contributed by atoms with Crippen LogP contribution in [-0.2, 0) is 9.68 Å². The fourth-order valence-electron chi connectivity index (χ4n) is 0.694. The number of carbonyl (C=O) groups excluding carboxylic acids is 1. The number of carbonyl (C=O) groups is 1. The molecule has 0 unspecified atom stereocenters. The molecule has 0 aliphatic carbocycles. The molecule has 0 atom stereocenters. The molecular formula is C10H11ClO3. The molecule has 0 heterocycles. The first-order valence-corrected chi connectivity index (χ1v) is 4.62. The standard InChI is InChI=1S/C10H11ClO3/c1-7(2)10(12)14-13-9-6-4-3-5-8(9)11/h3-7H,1-2H3. The first-order chi connectivity index (χ1) is 6.61. The molecule has 1 aromatic carbocycles. The Morgan fingerprint density at radius 1 is 1.36 bits per heavy atom. The van der Waals surface area contributed by atoms with Gasteiger partial charge < -0.3 is 0 Å². The fourth-order valence-corrected chi connectivity index (χ4v) is 0.862. The Morgan fingerprint density at radius 2 is 2.00 bits per heavy atom. The molecule has 0 spiro atoms. The number of benzene rings is 1. The highest BCUT2D eigenvalue weighted by Crippen LogP contribution is 2.23. The van der Waals surface area contributed by atoms with Crippen LogP contribution in [0.2, 0.25) is 5.02 Å². The molecule has 0 bridgehead atoms. The van der Waals surface area contributed by atoms with Crippen molar-refractivity contribution in [2.75, 3.05) is 0 Å². The topological polar surface area (TPSA) is 35.5 Å². The summed E-state index contributed by atoms with van der Waals surface area (Å²) in [5.41, 5.74) is 0. The van der Waals surface area contributed by atoms with Crippen LogP contribution in [0, 0.1) is 5.92 Å². The number of para-hydroxylation sites is 1. The first-order valence-electron chi connectivity index (χ1n) is 4.24. The summed E-state index contributed by atoms with van der Waals surface area (Å²) in [6.45, 7) is 3.44. The van der Waals surface area contributed by atoms with Gasteiger partial charge in [-0.25, -0.2) is 4.79 Å². The van der Waals surface area contributed by atoms with Gasteiger partial charge >= 0.3 is 5.97 Å². The minimum Gasteiger partial charge on any atom is -0.285 e. The summed E-state index contributed by atoms with van der Waals surface area (Å²) in [5.74, 6) is -0.314. The van der Waals surface area contributed by atoms with Crippen LogP contribution in [0.4, 0.5) is 0 Å². The van der Waals surface area contributed by atoms with E-state index in [0.29, 0.717) is 10.8 Å². The molecule has 3 nitrogen and oxygen atoms in total. The predicted molar refractivity (Wildman–Crippen MR) is 53.0 cm³/mol. The molecule has 0 amide bonds. The average molecular weight is 215 g/mol. The average Bonchev–Trinajstić information content (AvgIpc) is 2.16. The lowest BCUT2D eigenvalue weighted by atomic mass is 10.2. The van der Waals surface area contributed by atoms with Gasteiger partial charge in [0.2, 0.25) is 0 Å². The molecule has 0 aliphatic heterocycles. The maximum absolute atomic E-state index is 11.0. The SMILES string of the molecule is CC(C)C(=O)OOc1ccccc1Cl. The summed E-state index contributed by atoms with van der Waals surface area (Å²) < 4.78 is 0. The van der Waals surface area contributed by atoms with Crippen molar-refractivity contribution in [3.05, 3.63) is 29.3 Å². The Balaban J connectivity index is 2.54. The Kier molecular flexibility index (Phi) is 3.77. The Labute approximate surface area is 87.5 Å². The zero-order valence-corrected chi connectivity index (χ0v) is 8.75. The third-order valence-electron chi connectivity index (χ3n) is 1.52. The van der Waals surface area contributed by atoms with Gasteiger partial charge in [0.1, 0.15) is 0 Å². The molecule has 0 fully saturated rings. The van der Waals surface area contributed by atoms with Crippen LogP contribution in [0.5, 0.6) is 5.75 Å². The summed E-state index contributed by atoms with van der Waals surface area (Å²) >= 11 is 5.77. The smallest absolute Gasteiger partial charge is 0.285 e. The zero-order chi connectivity index (χ0) is 10.6. The van der Waals surface area contributed by atoms with Crippen LogP contribution in [-0.4, -0.2) is 5.97 Å². The highest BCUT2D eigenvalue weighted by Gasteiger charge is 2.11. The summed E-state index contributed by atoms with van der Waals surface area (Å²) in [6.07, 6.45) is 0. The van der Waals surface area contributed by atoms with Crippen LogP contribution in [0.1, 0.15) is 13.8 Å². The van der Waals surface area contributed by atoms with Crippen LogP contribution < -0.4 is 4.89 Å². The van der Waals surface area contributed by atoms with Gasteiger partial charge in [0.25, 0.3) is 0 Å². The van der Waals surface area contributed by atoms with Gasteiger partial charge in [-0.15, -0.1) is 0 Å². The van der Waals surface area contributed by atoms with Gasteiger partial charge in [0, 0.05) is 0 Å². The lowest BCUT2D eigenvalue weighted by molar-refractivity contribution is -0.217. The van der Waals surface area contributed by atoms with Crippen LogP contribution in [0.25, 0.3) is 0 Å². The molecule has 0 radical (unpaired) electrons. The Hall–Kier alpha value is -1.22. The van der Waals surface area contributed by atoms with Gasteiger partial charge in [-0.05, 0) is 12.1 Å². The molecule has 1 aromatic rings. The third-order valence-corrected chi connectivity index (χ3v) is 1.83. The third kappa shape index (κ3) is 2.92. The molecule has 14 heavy (non-hydrogen) atoms. The van der Waals surface area contributed by atoms with Gasteiger partial charge in [-0.2, -0.15) is 0 Å². The second-order valence-electron chi connectivity index (χ2n) is 3.07. The van der Waals surface area contributed by atoms with E-state index >= 15 is 0 Å². The molecule has 0 aliphatic rings. The van der Waals surface area contributed by atoms with Crippen molar-refractivity contribution in [1.82, 2.24) is 0 Å². The van der Waals surface area contributed by atoms with Crippen LogP contribution in [0.15, 0.2) is 24.3 Å². The largest absolute Gasteiger partial charge is 0.357 e. The van der Waals surface area contributed by atoms with Crippen molar-refractivity contribution >= 4 is 17.6 Å². The summed E-state index contributed by atoms with van der Waals surface area (Å²) in [4.78, 5) is 20.4. The van der Waals surface area contributed by atoms with Crippen molar-refractivity contribution in [2.45, 2.75) is 13.8 Å². The van der Waals surface area contributed by atoms with Gasteiger partial charge in [0.05, 0.1) is 10.9 Å². The monoisotopic (exact) mass is 214 g/mol. The molecule has 0 N–H and O–H groups in total. The normalized spacial score (nSPS) is 10.0. The molecule has 76 valence electrons. The van der Waals surface area contributed by atoms with Crippen molar-refractivity contribution in [3.63, 3.8) is 0 Å². The highest BCUT2D eigenvalue weighted by molar-refractivity contribution is 6.32. The number of halogens is 1. The quantitative estimate of drug-likeness (QED) is 0.573. The highest BCUT2D eigenvalue weighted by atomic mass is 35.5. The summed E-state index contributed by atoms with van der Waals surface area (Å²) in [5, 5.41) is 0.407. The van der Waals surface area contributed by atoms with Gasteiger partial charge in [-0.1, -0.05) is 37.6 Å². The van der Waals surface area contributed by atoms with Crippen molar-refractivity contribution in [1.29, 1.82) is 0 Å². The molecule has 0 aromatic heterocycles. The van der Waals surface area contributed by atoms with Crippen molar-refractivity contribution in [2.24, 2.45) is 5.92 Å². The minimum absolute atomic E-state index is 0.225. The fraction of sp³-hybridized carbons (Fsp3) is 0.300. The van der Waals surface area contributed by atoms with E-state index in [1.807, 2.05) is 0 Å². The number of rotatable bonds is 3. The Morgan fingerprint density at radius 3 is 2.57 bits per heavy atom.